The summed E-state index contributed by atoms with van der Waals surface area (Å²) in [6.45, 7) is 7.90. The van der Waals surface area contributed by atoms with E-state index in [-0.39, 0.29) is 22.8 Å². The van der Waals surface area contributed by atoms with Gasteiger partial charge >= 0.3 is 0 Å². The van der Waals surface area contributed by atoms with Gasteiger partial charge in [-0.3, -0.25) is 0 Å². The van der Waals surface area contributed by atoms with E-state index in [0.717, 1.165) is 19.3 Å². The molecule has 1 rings (SSSR count). The van der Waals surface area contributed by atoms with Crippen molar-refractivity contribution in [1.82, 2.24) is 4.72 Å². The fourth-order valence-electron chi connectivity index (χ4n) is 1.82. The molecule has 4 atom stereocenters. The van der Waals surface area contributed by atoms with Crippen LogP contribution in [0.1, 0.15) is 47.0 Å². The minimum atomic E-state index is -1.03. The molecule has 0 bridgehead atoms. The highest BCUT2D eigenvalue weighted by Crippen LogP contribution is 2.25. The number of nitrogens with one attached hydrogen (secondary N) is 1. The van der Waals surface area contributed by atoms with Crippen molar-refractivity contribution in [3.05, 3.63) is 0 Å². The Balaban J connectivity index is 2.54. The first-order chi connectivity index (χ1) is 6.82. The molecule has 4 heteroatoms. The lowest BCUT2D eigenvalue weighted by atomic mass is 9.84. The molecule has 0 aromatic heterocycles. The normalized spacial score (nSPS) is 35.1. The monoisotopic (exact) mass is 233 g/mol. The fraction of sp³-hybridized carbons (Fsp3) is 1.00. The van der Waals surface area contributed by atoms with E-state index in [4.69, 9.17) is 0 Å². The molecule has 0 aromatic carbocycles. The smallest absolute Gasteiger partial charge is 0.0972 e. The second-order valence-corrected chi connectivity index (χ2v) is 7.46. The van der Waals surface area contributed by atoms with Gasteiger partial charge in [0.2, 0.25) is 0 Å². The van der Waals surface area contributed by atoms with Crippen LogP contribution in [0.2, 0.25) is 0 Å². The fourth-order valence-corrected chi connectivity index (χ4v) is 2.78. The molecule has 0 radical (unpaired) electrons. The lowest BCUT2D eigenvalue weighted by Crippen LogP contribution is -2.47. The van der Waals surface area contributed by atoms with Crippen molar-refractivity contribution in [2.45, 2.75) is 63.9 Å². The zero-order valence-electron chi connectivity index (χ0n) is 10.1. The molecule has 3 nitrogen and oxygen atoms in total. The molecule has 1 aliphatic rings. The number of aliphatic hydroxyl groups is 1. The maximum absolute atomic E-state index is 11.9. The van der Waals surface area contributed by atoms with Gasteiger partial charge in [-0.25, -0.2) is 8.93 Å². The van der Waals surface area contributed by atoms with Crippen LogP contribution >= 0.6 is 0 Å². The molecule has 90 valence electrons. The van der Waals surface area contributed by atoms with E-state index in [9.17, 15) is 9.32 Å². The summed E-state index contributed by atoms with van der Waals surface area (Å²) >= 11 is 0. The summed E-state index contributed by atoms with van der Waals surface area (Å²) in [4.78, 5) is 0. The number of aliphatic hydroxyl groups excluding tert-OH is 1. The molecule has 1 unspecified atom stereocenters. The first-order valence-electron chi connectivity index (χ1n) is 5.68. The van der Waals surface area contributed by atoms with Crippen LogP contribution in [0, 0.1) is 5.92 Å². The summed E-state index contributed by atoms with van der Waals surface area (Å²) < 4.78 is 14.8. The second-order valence-electron chi connectivity index (χ2n) is 5.46. The third-order valence-corrected chi connectivity index (χ3v) is 4.70. The van der Waals surface area contributed by atoms with Crippen LogP contribution in [0.15, 0.2) is 0 Å². The highest BCUT2D eigenvalue weighted by atomic mass is 32.2. The van der Waals surface area contributed by atoms with Gasteiger partial charge in [0.05, 0.1) is 21.8 Å². The van der Waals surface area contributed by atoms with E-state index in [1.54, 1.807) is 0 Å². The summed E-state index contributed by atoms with van der Waals surface area (Å²) in [6.07, 6.45) is 2.67. The molecule has 0 saturated heterocycles. The molecule has 1 saturated carbocycles. The SMILES string of the molecule is C[C@@H]1[C@@H](NS(=O)C(C)(C)C)CCC[C@@H]1O. The van der Waals surface area contributed by atoms with Gasteiger partial charge in [0.15, 0.2) is 0 Å². The van der Waals surface area contributed by atoms with E-state index < -0.39 is 11.0 Å². The first-order valence-corrected chi connectivity index (χ1v) is 6.83. The third kappa shape index (κ3) is 3.54. The first kappa shape index (κ1) is 13.1. The molecule has 0 amide bonds. The number of rotatable bonds is 2. The van der Waals surface area contributed by atoms with Gasteiger partial charge < -0.3 is 5.11 Å². The van der Waals surface area contributed by atoms with E-state index in [2.05, 4.69) is 4.72 Å². The van der Waals surface area contributed by atoms with Crippen molar-refractivity contribution in [2.75, 3.05) is 0 Å². The van der Waals surface area contributed by atoms with Crippen LogP contribution in [-0.2, 0) is 11.0 Å². The predicted octanol–water partition coefficient (Wildman–Crippen LogP) is 1.59. The standard InChI is InChI=1S/C11H23NO2S/c1-8-9(6-5-7-10(8)13)12-15(14)11(2,3)4/h8-10,12-13H,5-7H2,1-4H3/t8-,9+,10+,15?/m1/s1. The highest BCUT2D eigenvalue weighted by molar-refractivity contribution is 7.84. The Hall–Kier alpha value is 0.0700. The van der Waals surface area contributed by atoms with Gasteiger partial charge in [0, 0.05) is 6.04 Å². The van der Waals surface area contributed by atoms with E-state index in [1.165, 1.54) is 0 Å². The van der Waals surface area contributed by atoms with E-state index in [1.807, 2.05) is 27.7 Å². The predicted molar refractivity (Wildman–Crippen MR) is 63.8 cm³/mol. The van der Waals surface area contributed by atoms with E-state index >= 15 is 0 Å². The van der Waals surface area contributed by atoms with Gasteiger partial charge in [-0.15, -0.1) is 0 Å². The summed E-state index contributed by atoms with van der Waals surface area (Å²) in [5.41, 5.74) is 0. The van der Waals surface area contributed by atoms with Crippen molar-refractivity contribution < 1.29 is 9.32 Å². The summed E-state index contributed by atoms with van der Waals surface area (Å²) in [6, 6.07) is 0.189. The minimum absolute atomic E-state index is 0.189. The summed E-state index contributed by atoms with van der Waals surface area (Å²) in [5.74, 6) is 0.199. The van der Waals surface area contributed by atoms with Crippen molar-refractivity contribution in [2.24, 2.45) is 5.92 Å². The van der Waals surface area contributed by atoms with Crippen LogP contribution in [-0.4, -0.2) is 26.2 Å². The number of hydrogen-bond donors (Lipinski definition) is 2. The van der Waals surface area contributed by atoms with Crippen molar-refractivity contribution in [1.29, 1.82) is 0 Å². The maximum Gasteiger partial charge on any atom is 0.0972 e. The Morgan fingerprint density at radius 3 is 2.47 bits per heavy atom. The summed E-state index contributed by atoms with van der Waals surface area (Å²) in [5, 5.41) is 9.72. The molecule has 15 heavy (non-hydrogen) atoms. The lowest BCUT2D eigenvalue weighted by Gasteiger charge is -2.34. The average molecular weight is 233 g/mol. The zero-order chi connectivity index (χ0) is 11.6. The van der Waals surface area contributed by atoms with Crippen molar-refractivity contribution >= 4 is 11.0 Å². The van der Waals surface area contributed by atoms with Crippen LogP contribution in [0.3, 0.4) is 0 Å². The minimum Gasteiger partial charge on any atom is -0.393 e. The summed E-state index contributed by atoms with van der Waals surface area (Å²) in [7, 11) is -1.03. The Bertz CT molecular complexity index is 237. The van der Waals surface area contributed by atoms with Crippen LogP contribution in [0.4, 0.5) is 0 Å². The molecule has 0 spiro atoms. The van der Waals surface area contributed by atoms with Gasteiger partial charge in [0.25, 0.3) is 0 Å². The molecule has 1 fully saturated rings. The van der Waals surface area contributed by atoms with Gasteiger partial charge in [0.1, 0.15) is 0 Å². The topological polar surface area (TPSA) is 49.3 Å². The average Bonchev–Trinajstić information content (AvgIpc) is 2.11. The lowest BCUT2D eigenvalue weighted by molar-refractivity contribution is 0.0632. The molecule has 2 N–H and O–H groups in total. The Labute approximate surface area is 95.2 Å². The highest BCUT2D eigenvalue weighted by Gasteiger charge is 2.31. The largest absolute Gasteiger partial charge is 0.393 e. The molecule has 0 aromatic rings. The molecule has 1 aliphatic carbocycles. The van der Waals surface area contributed by atoms with Gasteiger partial charge in [-0.2, -0.15) is 0 Å². The quantitative estimate of drug-likeness (QED) is 0.761. The third-order valence-electron chi connectivity index (χ3n) is 3.07. The number of hydrogen-bond acceptors (Lipinski definition) is 2. The van der Waals surface area contributed by atoms with Crippen LogP contribution in [0.25, 0.3) is 0 Å². The Morgan fingerprint density at radius 2 is 1.93 bits per heavy atom. The van der Waals surface area contributed by atoms with Crippen LogP contribution < -0.4 is 4.72 Å². The molecular weight excluding hydrogens is 210 g/mol. The Kier molecular flexibility index (Phi) is 4.32. The maximum atomic E-state index is 11.9. The second kappa shape index (κ2) is 4.93. The van der Waals surface area contributed by atoms with Gasteiger partial charge in [-0.1, -0.05) is 6.92 Å². The van der Waals surface area contributed by atoms with Crippen molar-refractivity contribution in [3.63, 3.8) is 0 Å². The molecular formula is C11H23NO2S. The van der Waals surface area contributed by atoms with Crippen molar-refractivity contribution in [3.8, 4) is 0 Å². The molecule has 0 heterocycles. The zero-order valence-corrected chi connectivity index (χ0v) is 10.9. The van der Waals surface area contributed by atoms with E-state index in [0.29, 0.717) is 0 Å². The van der Waals surface area contributed by atoms with Gasteiger partial charge in [-0.05, 0) is 46.0 Å². The Morgan fingerprint density at radius 1 is 1.33 bits per heavy atom. The van der Waals surface area contributed by atoms with Crippen LogP contribution in [0.5, 0.6) is 0 Å². The molecule has 0 aliphatic heterocycles.